The Morgan fingerprint density at radius 3 is 1.85 bits per heavy atom. The van der Waals surface area contributed by atoms with Crippen LogP contribution in [0, 0.1) is 0 Å². The van der Waals surface area contributed by atoms with E-state index < -0.39 is 28.1 Å². The first-order valence-electron chi connectivity index (χ1n) is 12.7. The third-order valence-electron chi connectivity index (χ3n) is 6.35. The lowest BCUT2D eigenvalue weighted by Crippen LogP contribution is -2.49. The molecule has 3 rings (SSSR count). The number of benzene rings is 3. The second kappa shape index (κ2) is 14.2. The number of nitrogens with one attached hydrogen (secondary N) is 1. The number of nitrogens with zero attached hydrogens (tertiary/aromatic N) is 2. The van der Waals surface area contributed by atoms with Gasteiger partial charge in [0.05, 0.1) is 5.92 Å². The fraction of sp³-hybridized carbons (Fsp3) is 0.250. The molecule has 3 aromatic rings. The molecular weight excluding hydrogens is 530 g/mol. The highest BCUT2D eigenvalue weighted by atomic mass is 32.2. The Labute approximate surface area is 234 Å². The molecule has 0 bridgehead atoms. The molecule has 12 heteroatoms. The molecule has 1 atom stereocenters. The maximum absolute atomic E-state index is 14.5. The lowest BCUT2D eigenvalue weighted by atomic mass is 9.89. The molecule has 0 aliphatic carbocycles. The molecule has 0 saturated heterocycles. The fourth-order valence-electron chi connectivity index (χ4n) is 4.47. The standard InChI is InChI=1S/C28H35N7O4S/c29-26(36)24(16-9-17-33-28(30)31)35(19-23-15-8-7-14-22(23)18-34-40(32,38)39)27(37)25(20-10-3-1-4-11-20)21-12-5-2-6-13-21/h1-8,10-15,24-25,34H,9,16-19H2,(H2,29,36)(H4,30,31,33)(H2,32,38,39)/t24-/m1/s1. The minimum Gasteiger partial charge on any atom is -0.370 e. The van der Waals surface area contributed by atoms with Gasteiger partial charge in [-0.25, -0.2) is 5.14 Å². The van der Waals surface area contributed by atoms with E-state index in [0.717, 1.165) is 11.1 Å². The van der Waals surface area contributed by atoms with Crippen molar-refractivity contribution in [2.24, 2.45) is 27.3 Å². The van der Waals surface area contributed by atoms with Gasteiger partial charge in [-0.3, -0.25) is 14.6 Å². The minimum absolute atomic E-state index is 0.00657. The van der Waals surface area contributed by atoms with Crippen LogP contribution in [0.2, 0.25) is 0 Å². The Kier molecular flexibility index (Phi) is 10.8. The van der Waals surface area contributed by atoms with E-state index in [1.807, 2.05) is 60.7 Å². The molecule has 0 spiro atoms. The van der Waals surface area contributed by atoms with E-state index in [0.29, 0.717) is 17.5 Å². The van der Waals surface area contributed by atoms with Gasteiger partial charge in [0.15, 0.2) is 5.96 Å². The zero-order valence-corrected chi connectivity index (χ0v) is 22.8. The van der Waals surface area contributed by atoms with Crippen molar-refractivity contribution >= 4 is 28.0 Å². The first-order chi connectivity index (χ1) is 19.1. The number of primary amides is 1. The third-order valence-corrected chi connectivity index (χ3v) is 6.90. The van der Waals surface area contributed by atoms with Gasteiger partial charge in [-0.15, -0.1) is 0 Å². The first kappa shape index (κ1) is 30.3. The van der Waals surface area contributed by atoms with E-state index in [4.69, 9.17) is 22.3 Å². The second-order valence-electron chi connectivity index (χ2n) is 9.22. The monoisotopic (exact) mass is 565 g/mol. The van der Waals surface area contributed by atoms with Crippen molar-refractivity contribution in [1.29, 1.82) is 0 Å². The van der Waals surface area contributed by atoms with Crippen molar-refractivity contribution in [3.63, 3.8) is 0 Å². The summed E-state index contributed by atoms with van der Waals surface area (Å²) in [7, 11) is -3.96. The van der Waals surface area contributed by atoms with Crippen molar-refractivity contribution < 1.29 is 18.0 Å². The van der Waals surface area contributed by atoms with E-state index >= 15 is 0 Å². The zero-order chi connectivity index (χ0) is 29.1. The van der Waals surface area contributed by atoms with Crippen LogP contribution in [0.1, 0.15) is 41.0 Å². The topological polar surface area (TPSA) is 200 Å². The number of amides is 2. The number of hydrogen-bond acceptors (Lipinski definition) is 5. The van der Waals surface area contributed by atoms with Crippen LogP contribution in [0.4, 0.5) is 0 Å². The molecule has 2 amide bonds. The third kappa shape index (κ3) is 8.90. The minimum atomic E-state index is -3.96. The maximum Gasteiger partial charge on any atom is 0.274 e. The Morgan fingerprint density at radius 1 is 0.825 bits per heavy atom. The van der Waals surface area contributed by atoms with Crippen molar-refractivity contribution in [1.82, 2.24) is 9.62 Å². The molecule has 0 fully saturated rings. The molecule has 0 aliphatic heterocycles. The Morgan fingerprint density at radius 2 is 1.35 bits per heavy atom. The summed E-state index contributed by atoms with van der Waals surface area (Å²) < 4.78 is 25.4. The summed E-state index contributed by atoms with van der Waals surface area (Å²) in [6, 6.07) is 24.5. The Bertz CT molecular complexity index is 1370. The van der Waals surface area contributed by atoms with Crippen LogP contribution in [-0.2, 0) is 32.9 Å². The van der Waals surface area contributed by atoms with Crippen LogP contribution < -0.4 is 27.1 Å². The molecule has 0 aliphatic rings. The second-order valence-corrected chi connectivity index (χ2v) is 10.6. The van der Waals surface area contributed by atoms with Crippen molar-refractivity contribution in [3.8, 4) is 0 Å². The molecule has 11 nitrogen and oxygen atoms in total. The summed E-state index contributed by atoms with van der Waals surface area (Å²) in [5.74, 6) is -1.82. The Hall–Kier alpha value is -4.26. The molecular formula is C28H35N7O4S. The van der Waals surface area contributed by atoms with E-state index in [2.05, 4.69) is 9.71 Å². The van der Waals surface area contributed by atoms with Crippen LogP contribution in [0.3, 0.4) is 0 Å². The highest BCUT2D eigenvalue weighted by Gasteiger charge is 2.34. The van der Waals surface area contributed by atoms with Gasteiger partial charge in [-0.2, -0.15) is 13.1 Å². The van der Waals surface area contributed by atoms with Crippen molar-refractivity contribution in [2.45, 2.75) is 37.9 Å². The van der Waals surface area contributed by atoms with Gasteiger partial charge in [-0.1, -0.05) is 84.9 Å². The molecule has 0 saturated carbocycles. The quantitative estimate of drug-likeness (QED) is 0.110. The lowest BCUT2D eigenvalue weighted by Gasteiger charge is -2.34. The lowest BCUT2D eigenvalue weighted by molar-refractivity contribution is -0.141. The number of nitrogens with two attached hydrogens (primary N) is 4. The van der Waals surface area contributed by atoms with Gasteiger partial charge in [0.1, 0.15) is 6.04 Å². The van der Waals surface area contributed by atoms with Crippen LogP contribution in [-0.4, -0.2) is 43.7 Å². The summed E-state index contributed by atoms with van der Waals surface area (Å²) in [5.41, 5.74) is 19.5. The summed E-state index contributed by atoms with van der Waals surface area (Å²) in [6.45, 7) is 0.154. The summed E-state index contributed by atoms with van der Waals surface area (Å²) >= 11 is 0. The van der Waals surface area contributed by atoms with E-state index in [1.165, 1.54) is 4.90 Å². The first-order valence-corrected chi connectivity index (χ1v) is 14.2. The normalized spacial score (nSPS) is 12.1. The van der Waals surface area contributed by atoms with Gasteiger partial charge in [0.25, 0.3) is 10.2 Å². The summed E-state index contributed by atoms with van der Waals surface area (Å²) in [4.78, 5) is 32.8. The SMILES string of the molecule is NC(=O)[C@@H](CCCN=C(N)N)N(Cc1ccccc1CNS(N)(=O)=O)C(=O)C(c1ccccc1)c1ccccc1. The van der Waals surface area contributed by atoms with Crippen LogP contribution in [0.25, 0.3) is 0 Å². The predicted molar refractivity (Wildman–Crippen MR) is 155 cm³/mol. The number of rotatable bonds is 14. The van der Waals surface area contributed by atoms with Crippen molar-refractivity contribution in [3.05, 3.63) is 107 Å². The Balaban J connectivity index is 2.07. The van der Waals surface area contributed by atoms with Gasteiger partial charge in [0, 0.05) is 19.6 Å². The van der Waals surface area contributed by atoms with E-state index in [9.17, 15) is 18.0 Å². The molecule has 0 aromatic heterocycles. The molecule has 0 radical (unpaired) electrons. The van der Waals surface area contributed by atoms with E-state index in [-0.39, 0.29) is 37.9 Å². The molecule has 9 N–H and O–H groups in total. The number of aliphatic imine (C=N–C) groups is 1. The molecule has 0 heterocycles. The average Bonchev–Trinajstić information content (AvgIpc) is 2.92. The summed E-state index contributed by atoms with van der Waals surface area (Å²) in [5, 5.41) is 5.14. The summed E-state index contributed by atoms with van der Waals surface area (Å²) in [6.07, 6.45) is 0.608. The van der Waals surface area contributed by atoms with E-state index in [1.54, 1.807) is 24.3 Å². The highest BCUT2D eigenvalue weighted by molar-refractivity contribution is 7.87. The largest absolute Gasteiger partial charge is 0.370 e. The number of hydrogen-bond donors (Lipinski definition) is 5. The van der Waals surface area contributed by atoms with Gasteiger partial charge in [-0.05, 0) is 35.1 Å². The zero-order valence-electron chi connectivity index (χ0n) is 22.0. The maximum atomic E-state index is 14.5. The highest BCUT2D eigenvalue weighted by Crippen LogP contribution is 2.30. The van der Waals surface area contributed by atoms with Gasteiger partial charge >= 0.3 is 0 Å². The smallest absolute Gasteiger partial charge is 0.274 e. The van der Waals surface area contributed by atoms with Gasteiger partial charge < -0.3 is 22.1 Å². The molecule has 212 valence electrons. The average molecular weight is 566 g/mol. The van der Waals surface area contributed by atoms with Crippen LogP contribution >= 0.6 is 0 Å². The number of carbonyl (C=O) groups excluding carboxylic acids is 2. The fourth-order valence-corrected chi connectivity index (χ4v) is 4.82. The molecule has 40 heavy (non-hydrogen) atoms. The van der Waals surface area contributed by atoms with Crippen molar-refractivity contribution in [2.75, 3.05) is 6.54 Å². The van der Waals surface area contributed by atoms with Gasteiger partial charge in [0.2, 0.25) is 11.8 Å². The predicted octanol–water partition coefficient (Wildman–Crippen LogP) is 1.05. The molecule has 3 aromatic carbocycles. The van der Waals surface area contributed by atoms with Crippen LogP contribution in [0.5, 0.6) is 0 Å². The molecule has 0 unspecified atom stereocenters. The van der Waals surface area contributed by atoms with Crippen LogP contribution in [0.15, 0.2) is 89.9 Å². The number of guanidine groups is 1. The number of carbonyl (C=O) groups is 2.